The van der Waals surface area contributed by atoms with Crippen molar-refractivity contribution in [1.82, 2.24) is 4.90 Å². The topological polar surface area (TPSA) is 63.7 Å². The van der Waals surface area contributed by atoms with E-state index in [1.54, 1.807) is 24.3 Å². The fraction of sp³-hybridized carbons (Fsp3) is 0.211. The molecule has 24 heavy (non-hydrogen) atoms. The number of carbonyl (C=O) groups is 3. The minimum Gasteiger partial charge on any atom is -0.443 e. The highest BCUT2D eigenvalue weighted by Crippen LogP contribution is 2.24. The van der Waals surface area contributed by atoms with E-state index in [0.29, 0.717) is 17.5 Å². The van der Waals surface area contributed by atoms with Crippen molar-refractivity contribution in [3.63, 3.8) is 0 Å². The first-order valence-corrected chi connectivity index (χ1v) is 7.80. The SMILES string of the molecule is CC[C@H](C(=O)OCN1C(=O)c2ccccc2C1=O)c1ccccc1. The lowest BCUT2D eigenvalue weighted by Gasteiger charge is -2.18. The molecule has 1 heterocycles. The van der Waals surface area contributed by atoms with Gasteiger partial charge in [-0.25, -0.2) is 4.90 Å². The van der Waals surface area contributed by atoms with Crippen molar-refractivity contribution in [2.45, 2.75) is 19.3 Å². The molecule has 0 N–H and O–H groups in total. The van der Waals surface area contributed by atoms with E-state index in [4.69, 9.17) is 4.74 Å². The van der Waals surface area contributed by atoms with Crippen LogP contribution in [0.5, 0.6) is 0 Å². The summed E-state index contributed by atoms with van der Waals surface area (Å²) < 4.78 is 5.25. The van der Waals surface area contributed by atoms with Gasteiger partial charge >= 0.3 is 5.97 Å². The second-order valence-electron chi connectivity index (χ2n) is 5.55. The molecule has 0 saturated carbocycles. The summed E-state index contributed by atoms with van der Waals surface area (Å²) in [5, 5.41) is 0. The van der Waals surface area contributed by atoms with Crippen LogP contribution in [0.25, 0.3) is 0 Å². The molecular formula is C19H17NO4. The van der Waals surface area contributed by atoms with Crippen LogP contribution >= 0.6 is 0 Å². The van der Waals surface area contributed by atoms with Crippen molar-refractivity contribution in [1.29, 1.82) is 0 Å². The van der Waals surface area contributed by atoms with Gasteiger partial charge in [-0.1, -0.05) is 49.4 Å². The highest BCUT2D eigenvalue weighted by Gasteiger charge is 2.36. The highest BCUT2D eigenvalue weighted by molar-refractivity contribution is 6.21. The predicted octanol–water partition coefficient (Wildman–Crippen LogP) is 2.98. The summed E-state index contributed by atoms with van der Waals surface area (Å²) in [4.78, 5) is 37.8. The van der Waals surface area contributed by atoms with Crippen molar-refractivity contribution < 1.29 is 19.1 Å². The molecule has 0 aromatic heterocycles. The lowest BCUT2D eigenvalue weighted by molar-refractivity contribution is -0.148. The maximum Gasteiger partial charge on any atom is 0.315 e. The summed E-state index contributed by atoms with van der Waals surface area (Å²) in [6.07, 6.45) is 0.574. The minimum absolute atomic E-state index is 0.341. The zero-order chi connectivity index (χ0) is 17.1. The van der Waals surface area contributed by atoms with Gasteiger partial charge in [0.1, 0.15) is 0 Å². The van der Waals surface area contributed by atoms with E-state index in [0.717, 1.165) is 10.5 Å². The molecule has 1 atom stereocenters. The van der Waals surface area contributed by atoms with Crippen LogP contribution in [0.3, 0.4) is 0 Å². The van der Waals surface area contributed by atoms with E-state index in [-0.39, 0.29) is 6.73 Å². The highest BCUT2D eigenvalue weighted by atomic mass is 16.5. The summed E-state index contributed by atoms with van der Waals surface area (Å²) >= 11 is 0. The summed E-state index contributed by atoms with van der Waals surface area (Å²) in [6.45, 7) is 1.52. The van der Waals surface area contributed by atoms with Crippen LogP contribution in [-0.4, -0.2) is 29.4 Å². The zero-order valence-corrected chi connectivity index (χ0v) is 13.3. The van der Waals surface area contributed by atoms with Crippen LogP contribution < -0.4 is 0 Å². The van der Waals surface area contributed by atoms with Crippen LogP contribution in [0.2, 0.25) is 0 Å². The summed E-state index contributed by atoms with van der Waals surface area (Å²) in [5.41, 5.74) is 1.54. The van der Waals surface area contributed by atoms with E-state index in [2.05, 4.69) is 0 Å². The molecule has 2 aromatic rings. The van der Waals surface area contributed by atoms with E-state index in [1.165, 1.54) is 0 Å². The van der Waals surface area contributed by atoms with Crippen LogP contribution in [0.4, 0.5) is 0 Å². The molecule has 0 aliphatic carbocycles. The number of carbonyl (C=O) groups excluding carboxylic acids is 3. The largest absolute Gasteiger partial charge is 0.443 e. The second-order valence-corrected chi connectivity index (χ2v) is 5.55. The van der Waals surface area contributed by atoms with Gasteiger partial charge in [0.25, 0.3) is 11.8 Å². The molecular weight excluding hydrogens is 306 g/mol. The molecule has 1 aliphatic heterocycles. The normalized spacial score (nSPS) is 14.5. The first kappa shape index (κ1) is 15.9. The van der Waals surface area contributed by atoms with Crippen LogP contribution in [0, 0.1) is 0 Å². The monoisotopic (exact) mass is 323 g/mol. The van der Waals surface area contributed by atoms with Gasteiger partial charge in [0.15, 0.2) is 6.73 Å². The maximum absolute atomic E-state index is 12.3. The molecule has 0 radical (unpaired) electrons. The van der Waals surface area contributed by atoms with Crippen LogP contribution in [0.1, 0.15) is 45.5 Å². The van der Waals surface area contributed by atoms with Gasteiger partial charge in [-0.15, -0.1) is 0 Å². The van der Waals surface area contributed by atoms with Gasteiger partial charge in [0.05, 0.1) is 17.0 Å². The van der Waals surface area contributed by atoms with Gasteiger partial charge in [-0.2, -0.15) is 0 Å². The number of amides is 2. The molecule has 0 bridgehead atoms. The lowest BCUT2D eigenvalue weighted by Crippen LogP contribution is -2.34. The molecule has 0 fully saturated rings. The van der Waals surface area contributed by atoms with Crippen LogP contribution in [-0.2, 0) is 9.53 Å². The quantitative estimate of drug-likeness (QED) is 0.627. The smallest absolute Gasteiger partial charge is 0.315 e. The van der Waals surface area contributed by atoms with Gasteiger partial charge < -0.3 is 4.74 Å². The standard InChI is InChI=1S/C19H17NO4/c1-2-14(13-8-4-3-5-9-13)19(23)24-12-20-17(21)15-10-6-7-11-16(15)18(20)22/h3-11,14H,2,12H2,1H3/t14-/m0/s1. The Balaban J connectivity index is 1.69. The van der Waals surface area contributed by atoms with E-state index in [1.807, 2.05) is 37.3 Å². The fourth-order valence-electron chi connectivity index (χ4n) is 2.81. The Kier molecular flexibility index (Phi) is 4.42. The van der Waals surface area contributed by atoms with Gasteiger partial charge in [0.2, 0.25) is 0 Å². The molecule has 5 heteroatoms. The van der Waals surface area contributed by atoms with Gasteiger partial charge in [0, 0.05) is 0 Å². The number of hydrogen-bond acceptors (Lipinski definition) is 4. The molecule has 1 aliphatic rings. The van der Waals surface area contributed by atoms with E-state index in [9.17, 15) is 14.4 Å². The number of esters is 1. The molecule has 0 unspecified atom stereocenters. The van der Waals surface area contributed by atoms with E-state index >= 15 is 0 Å². The number of rotatable bonds is 5. The Labute approximate surface area is 139 Å². The minimum atomic E-state index is -0.444. The summed E-state index contributed by atoms with van der Waals surface area (Å²) in [5.74, 6) is -1.73. The Hall–Kier alpha value is -2.95. The van der Waals surface area contributed by atoms with E-state index < -0.39 is 23.7 Å². The molecule has 0 spiro atoms. The van der Waals surface area contributed by atoms with Gasteiger partial charge in [-0.3, -0.25) is 14.4 Å². The molecule has 2 amide bonds. The van der Waals surface area contributed by atoms with Crippen molar-refractivity contribution in [2.24, 2.45) is 0 Å². The molecule has 122 valence electrons. The third-order valence-corrected chi connectivity index (χ3v) is 4.11. The van der Waals surface area contributed by atoms with Crippen molar-refractivity contribution in [3.05, 3.63) is 71.3 Å². The Morgan fingerprint density at radius 1 is 0.958 bits per heavy atom. The van der Waals surface area contributed by atoms with Crippen molar-refractivity contribution in [2.75, 3.05) is 6.73 Å². The maximum atomic E-state index is 12.3. The Morgan fingerprint density at radius 2 is 1.50 bits per heavy atom. The average molecular weight is 323 g/mol. The lowest BCUT2D eigenvalue weighted by atomic mass is 9.97. The Bertz CT molecular complexity index is 750. The third-order valence-electron chi connectivity index (χ3n) is 4.11. The van der Waals surface area contributed by atoms with Gasteiger partial charge in [-0.05, 0) is 24.1 Å². The van der Waals surface area contributed by atoms with Crippen LogP contribution in [0.15, 0.2) is 54.6 Å². The zero-order valence-electron chi connectivity index (χ0n) is 13.3. The molecule has 5 nitrogen and oxygen atoms in total. The third kappa shape index (κ3) is 2.80. The number of fused-ring (bicyclic) bond motifs is 1. The molecule has 3 rings (SSSR count). The molecule has 0 saturated heterocycles. The number of ether oxygens (including phenoxy) is 1. The predicted molar refractivity (Wildman–Crippen MR) is 87.4 cm³/mol. The number of nitrogens with zero attached hydrogens (tertiary/aromatic N) is 1. The second kappa shape index (κ2) is 6.66. The summed E-state index contributed by atoms with van der Waals surface area (Å²) in [7, 11) is 0. The number of benzene rings is 2. The number of hydrogen-bond donors (Lipinski definition) is 0. The Morgan fingerprint density at radius 3 is 2.04 bits per heavy atom. The molecule has 2 aromatic carbocycles. The fourth-order valence-corrected chi connectivity index (χ4v) is 2.81. The number of imide groups is 1. The first-order valence-electron chi connectivity index (χ1n) is 7.80. The van der Waals surface area contributed by atoms with Crippen molar-refractivity contribution in [3.8, 4) is 0 Å². The van der Waals surface area contributed by atoms with Crippen molar-refractivity contribution >= 4 is 17.8 Å². The summed E-state index contributed by atoms with van der Waals surface area (Å²) in [6, 6.07) is 15.9. The average Bonchev–Trinajstić information content (AvgIpc) is 2.86. The first-order chi connectivity index (χ1) is 11.6.